The van der Waals surface area contributed by atoms with Gasteiger partial charge in [-0.15, -0.1) is 0 Å². The second-order valence-electron chi connectivity index (χ2n) is 8.25. The van der Waals surface area contributed by atoms with Crippen molar-refractivity contribution in [1.82, 2.24) is 14.9 Å². The van der Waals surface area contributed by atoms with Crippen molar-refractivity contribution in [2.75, 3.05) is 7.11 Å². The molecule has 0 spiro atoms. The summed E-state index contributed by atoms with van der Waals surface area (Å²) in [6, 6.07) is 11.2. The van der Waals surface area contributed by atoms with Crippen LogP contribution < -0.4 is 9.46 Å². The number of aromatic nitrogens is 2. The lowest BCUT2D eigenvalue weighted by Crippen LogP contribution is -2.24. The number of sulfonamides is 1. The second-order valence-corrected chi connectivity index (χ2v) is 9.99. The van der Waals surface area contributed by atoms with Gasteiger partial charge in [0, 0.05) is 5.56 Å². The van der Waals surface area contributed by atoms with Gasteiger partial charge in [0.05, 0.1) is 18.6 Å². The number of ether oxygens (including phenoxy) is 1. The average molecular weight is 430 g/mol. The minimum Gasteiger partial charge on any atom is -0.496 e. The number of hydrogen-bond donors (Lipinski definition) is 1. The van der Waals surface area contributed by atoms with Crippen LogP contribution in [0.15, 0.2) is 45.8 Å². The van der Waals surface area contributed by atoms with E-state index in [4.69, 9.17) is 9.26 Å². The summed E-state index contributed by atoms with van der Waals surface area (Å²) >= 11 is 0. The fraction of sp³-hybridized carbons (Fsp3) is 0.364. The monoisotopic (exact) mass is 429 g/mol. The summed E-state index contributed by atoms with van der Waals surface area (Å²) in [5, 5.41) is 3.97. The number of rotatable bonds is 6. The van der Waals surface area contributed by atoms with Gasteiger partial charge in [-0.3, -0.25) is 0 Å². The molecule has 0 aliphatic heterocycles. The molecule has 0 saturated heterocycles. The molecule has 0 bridgehead atoms. The van der Waals surface area contributed by atoms with E-state index in [1.807, 2.05) is 24.3 Å². The molecule has 2 aromatic carbocycles. The number of nitrogens with one attached hydrogen (secondary N) is 1. The van der Waals surface area contributed by atoms with Crippen LogP contribution in [-0.2, 0) is 22.0 Å². The van der Waals surface area contributed by atoms with Gasteiger partial charge in [-0.25, -0.2) is 13.1 Å². The third-order valence-corrected chi connectivity index (χ3v) is 6.42. The Hall–Kier alpha value is -2.71. The summed E-state index contributed by atoms with van der Waals surface area (Å²) in [6.07, 6.45) is 0. The largest absolute Gasteiger partial charge is 0.496 e. The summed E-state index contributed by atoms with van der Waals surface area (Å²) in [6.45, 7) is 9.86. The Labute approximate surface area is 177 Å². The van der Waals surface area contributed by atoms with Gasteiger partial charge in [0.15, 0.2) is 0 Å². The van der Waals surface area contributed by atoms with Gasteiger partial charge in [0.2, 0.25) is 21.7 Å². The molecule has 7 nitrogen and oxygen atoms in total. The highest BCUT2D eigenvalue weighted by atomic mass is 32.2. The summed E-state index contributed by atoms with van der Waals surface area (Å²) in [7, 11) is -2.19. The summed E-state index contributed by atoms with van der Waals surface area (Å²) < 4.78 is 38.5. The fourth-order valence-corrected chi connectivity index (χ4v) is 4.35. The van der Waals surface area contributed by atoms with E-state index in [0.29, 0.717) is 17.1 Å². The molecule has 8 heteroatoms. The first kappa shape index (κ1) is 22.0. The molecular weight excluding hydrogens is 402 g/mol. The minimum atomic E-state index is -3.75. The molecular formula is C22H27N3O4S. The number of benzene rings is 2. The van der Waals surface area contributed by atoms with Gasteiger partial charge in [-0.1, -0.05) is 50.2 Å². The van der Waals surface area contributed by atoms with Crippen LogP contribution in [0.25, 0.3) is 11.4 Å². The van der Waals surface area contributed by atoms with Crippen molar-refractivity contribution < 1.29 is 17.7 Å². The highest BCUT2D eigenvalue weighted by Crippen LogP contribution is 2.26. The normalized spacial score (nSPS) is 12.2. The Balaban J connectivity index is 1.74. The van der Waals surface area contributed by atoms with Crippen LogP contribution in [0.4, 0.5) is 0 Å². The van der Waals surface area contributed by atoms with Gasteiger partial charge >= 0.3 is 0 Å². The molecule has 160 valence electrons. The predicted molar refractivity (Wildman–Crippen MR) is 115 cm³/mol. The number of aryl methyl sites for hydroxylation is 2. The fourth-order valence-electron chi connectivity index (χ4n) is 3.07. The molecule has 0 fully saturated rings. The van der Waals surface area contributed by atoms with Gasteiger partial charge in [0.1, 0.15) is 5.75 Å². The van der Waals surface area contributed by atoms with Crippen LogP contribution in [0.3, 0.4) is 0 Å². The molecule has 0 saturated carbocycles. The molecule has 1 heterocycles. The molecule has 3 rings (SSSR count). The Morgan fingerprint density at radius 2 is 1.73 bits per heavy atom. The SMILES string of the molecule is COc1cc(C)c(S(=O)(=O)NCc2nc(-c3ccc(C(C)(C)C)cc3)no2)cc1C. The first-order valence-corrected chi connectivity index (χ1v) is 11.1. The van der Waals surface area contributed by atoms with E-state index in [2.05, 4.69) is 35.6 Å². The lowest BCUT2D eigenvalue weighted by molar-refractivity contribution is 0.376. The standard InChI is InChI=1S/C22H27N3O4S/c1-14-12-19(15(2)11-18(14)28-6)30(26,27)23-13-20-24-21(25-29-20)16-7-9-17(10-8-16)22(3,4)5/h7-12,23H,13H2,1-6H3. The maximum atomic E-state index is 12.7. The van der Waals surface area contributed by atoms with Gasteiger partial charge in [-0.05, 0) is 48.1 Å². The minimum absolute atomic E-state index is 0.0527. The van der Waals surface area contributed by atoms with Crippen molar-refractivity contribution in [3.05, 3.63) is 59.0 Å². The third kappa shape index (κ3) is 4.71. The highest BCUT2D eigenvalue weighted by molar-refractivity contribution is 7.89. The smallest absolute Gasteiger partial charge is 0.242 e. The number of hydrogen-bond acceptors (Lipinski definition) is 6. The first-order valence-electron chi connectivity index (χ1n) is 9.59. The van der Waals surface area contributed by atoms with Crippen LogP contribution in [0.1, 0.15) is 43.4 Å². The zero-order valence-corrected chi connectivity index (χ0v) is 18.9. The first-order chi connectivity index (χ1) is 14.0. The van der Waals surface area contributed by atoms with E-state index in [1.54, 1.807) is 33.1 Å². The van der Waals surface area contributed by atoms with Crippen LogP contribution >= 0.6 is 0 Å². The van der Waals surface area contributed by atoms with Gasteiger partial charge in [-0.2, -0.15) is 4.98 Å². The van der Waals surface area contributed by atoms with Gasteiger partial charge < -0.3 is 9.26 Å². The zero-order valence-electron chi connectivity index (χ0n) is 18.1. The molecule has 30 heavy (non-hydrogen) atoms. The molecule has 0 atom stereocenters. The van der Waals surface area contributed by atoms with E-state index in [-0.39, 0.29) is 22.7 Å². The maximum Gasteiger partial charge on any atom is 0.242 e. The Bertz CT molecular complexity index is 1140. The van der Waals surface area contributed by atoms with Crippen molar-refractivity contribution in [3.8, 4) is 17.1 Å². The molecule has 0 aliphatic rings. The number of methoxy groups -OCH3 is 1. The molecule has 0 aliphatic carbocycles. The Morgan fingerprint density at radius 3 is 2.33 bits per heavy atom. The maximum absolute atomic E-state index is 12.7. The van der Waals surface area contributed by atoms with Crippen molar-refractivity contribution in [2.45, 2.75) is 51.5 Å². The van der Waals surface area contributed by atoms with Crippen molar-refractivity contribution in [1.29, 1.82) is 0 Å². The van der Waals surface area contributed by atoms with Crippen LogP contribution in [0, 0.1) is 13.8 Å². The quantitative estimate of drug-likeness (QED) is 0.633. The third-order valence-electron chi connectivity index (χ3n) is 4.87. The summed E-state index contributed by atoms with van der Waals surface area (Å²) in [5.41, 5.74) is 3.39. The molecule has 0 amide bonds. The van der Waals surface area contributed by atoms with E-state index in [1.165, 1.54) is 5.56 Å². The highest BCUT2D eigenvalue weighted by Gasteiger charge is 2.20. The Kier molecular flexibility index (Phi) is 6.01. The molecule has 3 aromatic rings. The molecule has 0 radical (unpaired) electrons. The van der Waals surface area contributed by atoms with Crippen molar-refractivity contribution in [2.24, 2.45) is 0 Å². The van der Waals surface area contributed by atoms with E-state index in [9.17, 15) is 8.42 Å². The van der Waals surface area contributed by atoms with E-state index < -0.39 is 10.0 Å². The van der Waals surface area contributed by atoms with Crippen LogP contribution in [0.2, 0.25) is 0 Å². The zero-order chi connectivity index (χ0) is 22.1. The Morgan fingerprint density at radius 1 is 1.07 bits per heavy atom. The molecule has 1 aromatic heterocycles. The lowest BCUT2D eigenvalue weighted by atomic mass is 9.87. The van der Waals surface area contributed by atoms with Crippen LogP contribution in [0.5, 0.6) is 5.75 Å². The van der Waals surface area contributed by atoms with Crippen molar-refractivity contribution in [3.63, 3.8) is 0 Å². The molecule has 1 N–H and O–H groups in total. The summed E-state index contributed by atoms with van der Waals surface area (Å²) in [5.74, 6) is 1.25. The average Bonchev–Trinajstić information content (AvgIpc) is 3.16. The van der Waals surface area contributed by atoms with Crippen LogP contribution in [-0.4, -0.2) is 25.7 Å². The topological polar surface area (TPSA) is 94.3 Å². The summed E-state index contributed by atoms with van der Waals surface area (Å²) in [4.78, 5) is 4.50. The lowest BCUT2D eigenvalue weighted by Gasteiger charge is -2.18. The molecule has 0 unspecified atom stereocenters. The van der Waals surface area contributed by atoms with E-state index >= 15 is 0 Å². The van der Waals surface area contributed by atoms with E-state index in [0.717, 1.165) is 11.1 Å². The second kappa shape index (κ2) is 8.20. The number of nitrogens with zero attached hydrogens (tertiary/aromatic N) is 2. The van der Waals surface area contributed by atoms with Crippen molar-refractivity contribution >= 4 is 10.0 Å². The predicted octanol–water partition coefficient (Wildman–Crippen LogP) is 4.14. The van der Waals surface area contributed by atoms with Gasteiger partial charge in [0.25, 0.3) is 0 Å².